The summed E-state index contributed by atoms with van der Waals surface area (Å²) in [5.74, 6) is 0.251. The molecule has 3 heteroatoms. The molecule has 0 radical (unpaired) electrons. The molecular weight excluding hydrogens is 212 g/mol. The first-order chi connectivity index (χ1) is 8.18. The number of Topliss-reactive ketones (excluding diaryl/α,β-unsaturated/α-hetero) is 1. The maximum absolute atomic E-state index is 12.0. The van der Waals surface area contributed by atoms with Crippen molar-refractivity contribution in [3.05, 3.63) is 30.1 Å². The minimum Gasteiger partial charge on any atom is -0.325 e. The molecule has 1 aliphatic carbocycles. The van der Waals surface area contributed by atoms with Crippen molar-refractivity contribution in [2.45, 2.75) is 50.5 Å². The highest BCUT2D eigenvalue weighted by Gasteiger charge is 2.29. The van der Waals surface area contributed by atoms with Gasteiger partial charge in [-0.1, -0.05) is 19.3 Å². The Hall–Kier alpha value is -1.22. The third-order valence-electron chi connectivity index (χ3n) is 3.55. The van der Waals surface area contributed by atoms with E-state index < -0.39 is 0 Å². The van der Waals surface area contributed by atoms with Crippen molar-refractivity contribution in [3.8, 4) is 0 Å². The highest BCUT2D eigenvalue weighted by atomic mass is 16.1. The largest absolute Gasteiger partial charge is 0.325 e. The molecule has 1 aliphatic rings. The molecule has 0 aromatic carbocycles. The molecule has 92 valence electrons. The average molecular weight is 232 g/mol. The molecule has 2 N–H and O–H groups in total. The zero-order chi connectivity index (χ0) is 12.1. The SMILES string of the molecule is NC1(CC(=O)Cc2ccncc2)CCCCC1. The van der Waals surface area contributed by atoms with Gasteiger partial charge in [0.1, 0.15) is 5.78 Å². The number of carbonyl (C=O) groups excluding carboxylic acids is 1. The molecule has 0 bridgehead atoms. The van der Waals surface area contributed by atoms with Crippen molar-refractivity contribution in [2.75, 3.05) is 0 Å². The van der Waals surface area contributed by atoms with E-state index in [1.807, 2.05) is 12.1 Å². The first kappa shape index (κ1) is 12.2. The van der Waals surface area contributed by atoms with Crippen molar-refractivity contribution in [2.24, 2.45) is 5.73 Å². The normalized spacial score (nSPS) is 18.9. The molecule has 2 rings (SSSR count). The number of hydrogen-bond acceptors (Lipinski definition) is 3. The summed E-state index contributed by atoms with van der Waals surface area (Å²) in [4.78, 5) is 15.9. The Kier molecular flexibility index (Phi) is 3.89. The summed E-state index contributed by atoms with van der Waals surface area (Å²) in [6, 6.07) is 3.78. The van der Waals surface area contributed by atoms with Crippen LogP contribution in [0, 0.1) is 0 Å². The molecule has 0 saturated heterocycles. The van der Waals surface area contributed by atoms with Gasteiger partial charge in [0.2, 0.25) is 0 Å². The Morgan fingerprint density at radius 1 is 1.24 bits per heavy atom. The molecule has 0 spiro atoms. The van der Waals surface area contributed by atoms with Crippen molar-refractivity contribution in [3.63, 3.8) is 0 Å². The molecule has 0 aliphatic heterocycles. The van der Waals surface area contributed by atoms with Crippen LogP contribution in [0.3, 0.4) is 0 Å². The monoisotopic (exact) mass is 232 g/mol. The van der Waals surface area contributed by atoms with Gasteiger partial charge in [-0.25, -0.2) is 0 Å². The lowest BCUT2D eigenvalue weighted by atomic mass is 9.78. The second kappa shape index (κ2) is 5.41. The molecule has 1 aromatic rings. The molecular formula is C14H20N2O. The Bertz CT molecular complexity index is 369. The topological polar surface area (TPSA) is 56.0 Å². The highest BCUT2D eigenvalue weighted by molar-refractivity contribution is 5.81. The van der Waals surface area contributed by atoms with E-state index in [2.05, 4.69) is 4.98 Å². The zero-order valence-electron chi connectivity index (χ0n) is 10.2. The van der Waals surface area contributed by atoms with Crippen LogP contribution in [-0.2, 0) is 11.2 Å². The van der Waals surface area contributed by atoms with Crippen LogP contribution in [0.25, 0.3) is 0 Å². The zero-order valence-corrected chi connectivity index (χ0v) is 10.2. The first-order valence-corrected chi connectivity index (χ1v) is 6.37. The Labute approximate surface area is 102 Å². The van der Waals surface area contributed by atoms with Gasteiger partial charge in [0.15, 0.2) is 0 Å². The lowest BCUT2D eigenvalue weighted by Crippen LogP contribution is -2.43. The van der Waals surface area contributed by atoms with Crippen LogP contribution in [0.4, 0.5) is 0 Å². The van der Waals surface area contributed by atoms with Crippen LogP contribution in [0.2, 0.25) is 0 Å². The fourth-order valence-electron chi connectivity index (χ4n) is 2.62. The molecule has 0 atom stereocenters. The molecule has 1 aromatic heterocycles. The lowest BCUT2D eigenvalue weighted by Gasteiger charge is -2.32. The molecule has 17 heavy (non-hydrogen) atoms. The van der Waals surface area contributed by atoms with E-state index >= 15 is 0 Å². The third-order valence-corrected chi connectivity index (χ3v) is 3.55. The number of nitrogens with zero attached hydrogens (tertiary/aromatic N) is 1. The summed E-state index contributed by atoms with van der Waals surface area (Å²) >= 11 is 0. The Morgan fingerprint density at radius 2 is 1.88 bits per heavy atom. The van der Waals surface area contributed by atoms with E-state index in [1.165, 1.54) is 19.3 Å². The number of nitrogens with two attached hydrogens (primary N) is 1. The standard InChI is InChI=1S/C14H20N2O/c15-14(6-2-1-3-7-14)11-13(17)10-12-4-8-16-9-5-12/h4-5,8-9H,1-3,6-7,10-11,15H2. The molecule has 1 saturated carbocycles. The smallest absolute Gasteiger partial charge is 0.139 e. The van der Waals surface area contributed by atoms with E-state index in [9.17, 15) is 4.79 Å². The second-order valence-electron chi connectivity index (χ2n) is 5.17. The van der Waals surface area contributed by atoms with E-state index in [0.29, 0.717) is 12.8 Å². The lowest BCUT2D eigenvalue weighted by molar-refractivity contribution is -0.119. The minimum atomic E-state index is -0.234. The van der Waals surface area contributed by atoms with Crippen LogP contribution < -0.4 is 5.73 Å². The fourth-order valence-corrected chi connectivity index (χ4v) is 2.62. The summed E-state index contributed by atoms with van der Waals surface area (Å²) in [5.41, 5.74) is 7.08. The van der Waals surface area contributed by atoms with E-state index in [0.717, 1.165) is 18.4 Å². The van der Waals surface area contributed by atoms with Crippen LogP contribution in [0.15, 0.2) is 24.5 Å². The van der Waals surface area contributed by atoms with Crippen LogP contribution >= 0.6 is 0 Å². The maximum Gasteiger partial charge on any atom is 0.139 e. The summed E-state index contributed by atoms with van der Waals surface area (Å²) in [5, 5.41) is 0. The minimum absolute atomic E-state index is 0.234. The number of carbonyl (C=O) groups is 1. The summed E-state index contributed by atoms with van der Waals surface area (Å²) in [6.07, 6.45) is 10.0. The van der Waals surface area contributed by atoms with Gasteiger partial charge in [-0.15, -0.1) is 0 Å². The first-order valence-electron chi connectivity index (χ1n) is 6.37. The van der Waals surface area contributed by atoms with Gasteiger partial charge in [0.25, 0.3) is 0 Å². The summed E-state index contributed by atoms with van der Waals surface area (Å²) in [6.45, 7) is 0. The van der Waals surface area contributed by atoms with E-state index in [4.69, 9.17) is 5.73 Å². The van der Waals surface area contributed by atoms with Gasteiger partial charge in [-0.2, -0.15) is 0 Å². The van der Waals surface area contributed by atoms with Gasteiger partial charge < -0.3 is 5.73 Å². The quantitative estimate of drug-likeness (QED) is 0.866. The Balaban J connectivity index is 1.88. The predicted octanol–water partition coefficient (Wildman–Crippen LogP) is 2.24. The average Bonchev–Trinajstić information content (AvgIpc) is 2.30. The predicted molar refractivity (Wildman–Crippen MR) is 67.6 cm³/mol. The summed E-state index contributed by atoms with van der Waals surface area (Å²) < 4.78 is 0. The van der Waals surface area contributed by atoms with Gasteiger partial charge in [0.05, 0.1) is 0 Å². The number of rotatable bonds is 4. The Morgan fingerprint density at radius 3 is 2.53 bits per heavy atom. The van der Waals surface area contributed by atoms with Crippen molar-refractivity contribution < 1.29 is 4.79 Å². The number of ketones is 1. The molecule has 3 nitrogen and oxygen atoms in total. The number of hydrogen-bond donors (Lipinski definition) is 1. The van der Waals surface area contributed by atoms with E-state index in [-0.39, 0.29) is 11.3 Å². The maximum atomic E-state index is 12.0. The van der Waals surface area contributed by atoms with Gasteiger partial charge >= 0.3 is 0 Å². The van der Waals surface area contributed by atoms with Crippen molar-refractivity contribution >= 4 is 5.78 Å². The molecule has 0 unspecified atom stereocenters. The van der Waals surface area contributed by atoms with Crippen LogP contribution in [0.5, 0.6) is 0 Å². The van der Waals surface area contributed by atoms with Crippen molar-refractivity contribution in [1.29, 1.82) is 0 Å². The highest BCUT2D eigenvalue weighted by Crippen LogP contribution is 2.29. The fraction of sp³-hybridized carbons (Fsp3) is 0.571. The summed E-state index contributed by atoms with van der Waals surface area (Å²) in [7, 11) is 0. The van der Waals surface area contributed by atoms with Gasteiger partial charge in [-0.05, 0) is 30.5 Å². The molecule has 1 fully saturated rings. The second-order valence-corrected chi connectivity index (χ2v) is 5.17. The third kappa shape index (κ3) is 3.63. The van der Waals surface area contributed by atoms with Gasteiger partial charge in [0, 0.05) is 30.8 Å². The van der Waals surface area contributed by atoms with Crippen LogP contribution in [0.1, 0.15) is 44.1 Å². The van der Waals surface area contributed by atoms with Crippen LogP contribution in [-0.4, -0.2) is 16.3 Å². The molecule has 0 amide bonds. The van der Waals surface area contributed by atoms with Crippen molar-refractivity contribution in [1.82, 2.24) is 4.98 Å². The van der Waals surface area contributed by atoms with Gasteiger partial charge in [-0.3, -0.25) is 9.78 Å². The number of pyridine rings is 1. The van der Waals surface area contributed by atoms with E-state index in [1.54, 1.807) is 12.4 Å². The number of aromatic nitrogens is 1. The molecule has 1 heterocycles.